The lowest BCUT2D eigenvalue weighted by Crippen LogP contribution is -2.42. The summed E-state index contributed by atoms with van der Waals surface area (Å²) in [6.45, 7) is 2.59. The van der Waals surface area contributed by atoms with Gasteiger partial charge in [-0.25, -0.2) is 0 Å². The number of carbonyl (C=O) groups excluding carboxylic acids is 1. The van der Waals surface area contributed by atoms with Crippen LogP contribution < -0.4 is 4.57 Å². The Balaban J connectivity index is 2.01. The second-order valence-corrected chi connectivity index (χ2v) is 5.86. The standard InChI is InChI=1S/C21H22NO/c1-2-3-12-19-15-14-17-9-7-8-13-20(17)22(19)16-21(23)18-10-5-4-6-11-18/h4-11,13-15H,2-3,12,16H2,1H3/q+1. The van der Waals surface area contributed by atoms with Gasteiger partial charge in [-0.05, 0) is 18.6 Å². The maximum Gasteiger partial charge on any atom is 0.227 e. The van der Waals surface area contributed by atoms with E-state index in [4.69, 9.17) is 0 Å². The number of unbranched alkanes of at least 4 members (excludes halogenated alkanes) is 1. The van der Waals surface area contributed by atoms with Crippen LogP contribution in [0, 0.1) is 0 Å². The molecule has 0 fully saturated rings. The van der Waals surface area contributed by atoms with E-state index in [2.05, 4.69) is 35.8 Å². The molecule has 2 heteroatoms. The molecule has 1 aromatic heterocycles. The molecule has 0 unspecified atom stereocenters. The van der Waals surface area contributed by atoms with Crippen molar-refractivity contribution in [3.05, 3.63) is 78.0 Å². The molecule has 23 heavy (non-hydrogen) atoms. The topological polar surface area (TPSA) is 20.9 Å². The Morgan fingerprint density at radius 3 is 2.43 bits per heavy atom. The molecular weight excluding hydrogens is 282 g/mol. The number of nitrogens with zero attached hydrogens (tertiary/aromatic N) is 1. The SMILES string of the molecule is CCCCc1ccc2ccccc2[n+]1CC(=O)c1ccccc1. The molecule has 0 saturated carbocycles. The van der Waals surface area contributed by atoms with E-state index in [0.717, 1.165) is 30.3 Å². The Bertz CT molecular complexity index is 808. The Kier molecular flexibility index (Phi) is 4.82. The number of hydrogen-bond acceptors (Lipinski definition) is 1. The van der Waals surface area contributed by atoms with Crippen molar-refractivity contribution in [2.24, 2.45) is 0 Å². The molecule has 3 aromatic rings. The zero-order chi connectivity index (χ0) is 16.1. The molecule has 0 spiro atoms. The molecule has 0 aliphatic rings. The van der Waals surface area contributed by atoms with Crippen molar-refractivity contribution in [1.82, 2.24) is 0 Å². The number of hydrogen-bond donors (Lipinski definition) is 0. The molecule has 1 heterocycles. The van der Waals surface area contributed by atoms with Crippen LogP contribution in [0.1, 0.15) is 35.8 Å². The van der Waals surface area contributed by atoms with E-state index in [1.165, 1.54) is 11.1 Å². The first-order valence-corrected chi connectivity index (χ1v) is 8.28. The van der Waals surface area contributed by atoms with Crippen LogP contribution in [0.2, 0.25) is 0 Å². The highest BCUT2D eigenvalue weighted by atomic mass is 16.1. The van der Waals surface area contributed by atoms with Crippen molar-refractivity contribution in [3.63, 3.8) is 0 Å². The normalized spacial score (nSPS) is 10.8. The summed E-state index contributed by atoms with van der Waals surface area (Å²) < 4.78 is 2.18. The highest BCUT2D eigenvalue weighted by molar-refractivity contribution is 5.95. The van der Waals surface area contributed by atoms with Crippen molar-refractivity contribution in [3.8, 4) is 0 Å². The minimum atomic E-state index is 0.157. The molecule has 0 saturated heterocycles. The first kappa shape index (κ1) is 15.4. The number of benzene rings is 2. The molecule has 0 atom stereocenters. The van der Waals surface area contributed by atoms with Gasteiger partial charge in [-0.15, -0.1) is 0 Å². The van der Waals surface area contributed by atoms with Crippen LogP contribution in [0.15, 0.2) is 66.7 Å². The van der Waals surface area contributed by atoms with Gasteiger partial charge in [0.05, 0.1) is 0 Å². The van der Waals surface area contributed by atoms with Crippen LogP contribution in [0.5, 0.6) is 0 Å². The summed E-state index contributed by atoms with van der Waals surface area (Å²) in [7, 11) is 0. The quantitative estimate of drug-likeness (QED) is 0.490. The summed E-state index contributed by atoms with van der Waals surface area (Å²) in [5, 5.41) is 1.17. The Morgan fingerprint density at radius 1 is 0.913 bits per heavy atom. The minimum Gasteiger partial charge on any atom is -0.287 e. The molecule has 116 valence electrons. The predicted octanol–water partition coefficient (Wildman–Crippen LogP) is 4.35. The van der Waals surface area contributed by atoms with Gasteiger partial charge in [0, 0.05) is 29.5 Å². The lowest BCUT2D eigenvalue weighted by atomic mass is 10.1. The number of pyridine rings is 1. The fraction of sp³-hybridized carbons (Fsp3) is 0.238. The average Bonchev–Trinajstić information content (AvgIpc) is 2.61. The van der Waals surface area contributed by atoms with E-state index >= 15 is 0 Å². The monoisotopic (exact) mass is 304 g/mol. The summed E-state index contributed by atoms with van der Waals surface area (Å²) in [6, 6.07) is 22.1. The number of aryl methyl sites for hydroxylation is 1. The molecular formula is C21H22NO+. The first-order valence-electron chi connectivity index (χ1n) is 8.28. The third-order valence-corrected chi connectivity index (χ3v) is 4.21. The summed E-state index contributed by atoms with van der Waals surface area (Å²) in [6.07, 6.45) is 3.29. The van der Waals surface area contributed by atoms with Crippen LogP contribution in [-0.2, 0) is 13.0 Å². The number of para-hydroxylation sites is 1. The van der Waals surface area contributed by atoms with Crippen LogP contribution in [-0.4, -0.2) is 5.78 Å². The van der Waals surface area contributed by atoms with E-state index in [-0.39, 0.29) is 5.78 Å². The Hall–Kier alpha value is -2.48. The van der Waals surface area contributed by atoms with Crippen molar-refractivity contribution >= 4 is 16.7 Å². The van der Waals surface area contributed by atoms with Gasteiger partial charge in [-0.2, -0.15) is 4.57 Å². The van der Waals surface area contributed by atoms with Crippen LogP contribution in [0.3, 0.4) is 0 Å². The maximum absolute atomic E-state index is 12.7. The van der Waals surface area contributed by atoms with Gasteiger partial charge in [0.1, 0.15) is 0 Å². The van der Waals surface area contributed by atoms with Crippen LogP contribution >= 0.6 is 0 Å². The fourth-order valence-electron chi connectivity index (χ4n) is 2.93. The van der Waals surface area contributed by atoms with Gasteiger partial charge >= 0.3 is 0 Å². The second-order valence-electron chi connectivity index (χ2n) is 5.86. The fourth-order valence-corrected chi connectivity index (χ4v) is 2.93. The lowest BCUT2D eigenvalue weighted by molar-refractivity contribution is -0.664. The molecule has 2 nitrogen and oxygen atoms in total. The van der Waals surface area contributed by atoms with Crippen molar-refractivity contribution in [2.45, 2.75) is 32.7 Å². The first-order chi connectivity index (χ1) is 11.3. The number of ketones is 1. The van der Waals surface area contributed by atoms with Crippen LogP contribution in [0.4, 0.5) is 0 Å². The van der Waals surface area contributed by atoms with Gasteiger partial charge in [-0.1, -0.05) is 55.8 Å². The number of Topliss-reactive ketones (excluding diaryl/α,β-unsaturated/α-hetero) is 1. The largest absolute Gasteiger partial charge is 0.287 e. The minimum absolute atomic E-state index is 0.157. The molecule has 0 aliphatic carbocycles. The maximum atomic E-state index is 12.7. The molecule has 0 bridgehead atoms. The highest BCUT2D eigenvalue weighted by Gasteiger charge is 2.19. The average molecular weight is 304 g/mol. The van der Waals surface area contributed by atoms with Crippen molar-refractivity contribution < 1.29 is 9.36 Å². The predicted molar refractivity (Wildman–Crippen MR) is 93.5 cm³/mol. The van der Waals surface area contributed by atoms with Gasteiger partial charge < -0.3 is 0 Å². The highest BCUT2D eigenvalue weighted by Crippen LogP contribution is 2.13. The number of carbonyl (C=O) groups is 1. The summed E-state index contributed by atoms with van der Waals surface area (Å²) in [5.74, 6) is 0.157. The third-order valence-electron chi connectivity index (χ3n) is 4.21. The second kappa shape index (κ2) is 7.19. The van der Waals surface area contributed by atoms with Crippen molar-refractivity contribution in [2.75, 3.05) is 0 Å². The molecule has 0 N–H and O–H groups in total. The van der Waals surface area contributed by atoms with E-state index in [1.54, 1.807) is 0 Å². The van der Waals surface area contributed by atoms with E-state index in [0.29, 0.717) is 6.54 Å². The van der Waals surface area contributed by atoms with E-state index in [9.17, 15) is 4.79 Å². The van der Waals surface area contributed by atoms with Crippen LogP contribution in [0.25, 0.3) is 10.9 Å². The number of fused-ring (bicyclic) bond motifs is 1. The zero-order valence-electron chi connectivity index (χ0n) is 13.5. The Labute approximate surface area is 137 Å². The molecule has 0 amide bonds. The van der Waals surface area contributed by atoms with Gasteiger partial charge in [0.15, 0.2) is 5.69 Å². The van der Waals surface area contributed by atoms with E-state index in [1.807, 2.05) is 42.5 Å². The van der Waals surface area contributed by atoms with Gasteiger partial charge in [-0.3, -0.25) is 4.79 Å². The lowest BCUT2D eigenvalue weighted by Gasteiger charge is -2.07. The molecule has 0 radical (unpaired) electrons. The smallest absolute Gasteiger partial charge is 0.227 e. The molecule has 2 aromatic carbocycles. The zero-order valence-corrected chi connectivity index (χ0v) is 13.5. The third kappa shape index (κ3) is 3.48. The molecule has 0 aliphatic heterocycles. The number of aromatic nitrogens is 1. The van der Waals surface area contributed by atoms with Crippen molar-refractivity contribution in [1.29, 1.82) is 0 Å². The summed E-state index contributed by atoms with van der Waals surface area (Å²) >= 11 is 0. The summed E-state index contributed by atoms with van der Waals surface area (Å²) in [4.78, 5) is 12.7. The van der Waals surface area contributed by atoms with E-state index < -0.39 is 0 Å². The van der Waals surface area contributed by atoms with Gasteiger partial charge in [0.2, 0.25) is 17.8 Å². The number of rotatable bonds is 6. The summed E-state index contributed by atoms with van der Waals surface area (Å²) in [5.41, 5.74) is 3.13. The van der Waals surface area contributed by atoms with Gasteiger partial charge in [0.25, 0.3) is 0 Å². The Morgan fingerprint density at radius 2 is 1.65 bits per heavy atom. The molecule has 3 rings (SSSR count).